The second-order valence-electron chi connectivity index (χ2n) is 14.6. The van der Waals surface area contributed by atoms with Crippen molar-refractivity contribution in [3.8, 4) is 0 Å². The van der Waals surface area contributed by atoms with Crippen molar-refractivity contribution in [3.05, 3.63) is 23.0 Å². The van der Waals surface area contributed by atoms with Crippen molar-refractivity contribution in [1.29, 1.82) is 0 Å². The van der Waals surface area contributed by atoms with Crippen LogP contribution in [0.3, 0.4) is 0 Å². The predicted octanol–water partition coefficient (Wildman–Crippen LogP) is 7.50. The van der Waals surface area contributed by atoms with E-state index in [2.05, 4.69) is 46.0 Å². The molecule has 1 heterocycles. The number of rotatable bonds is 8. The van der Waals surface area contributed by atoms with E-state index in [1.807, 2.05) is 6.92 Å². The van der Waals surface area contributed by atoms with Gasteiger partial charge in [0, 0.05) is 38.6 Å². The molecule has 0 spiro atoms. The van der Waals surface area contributed by atoms with Gasteiger partial charge in [0.25, 0.3) is 0 Å². The molecule has 5 nitrogen and oxygen atoms in total. The van der Waals surface area contributed by atoms with Crippen molar-refractivity contribution in [1.82, 2.24) is 5.32 Å². The number of carbonyl (C=O) groups excluding carboxylic acids is 2. The maximum atomic E-state index is 12.2. The Morgan fingerprint density at radius 1 is 1.18 bits per heavy atom. The van der Waals surface area contributed by atoms with Crippen molar-refractivity contribution < 1.29 is 19.1 Å². The Hall–Kier alpha value is -1.78. The Kier molecular flexibility index (Phi) is 7.78. The minimum absolute atomic E-state index is 0.0236. The maximum absolute atomic E-state index is 12.2. The van der Waals surface area contributed by atoms with Gasteiger partial charge in [-0.1, -0.05) is 39.3 Å². The second kappa shape index (κ2) is 10.6. The number of nitrogens with one attached hydrogen (secondary N) is 1. The number of hydrogen-bond donors (Lipinski definition) is 1. The molecule has 0 aromatic rings. The Labute approximate surface area is 236 Å². The molecule has 218 valence electrons. The second-order valence-corrected chi connectivity index (χ2v) is 14.6. The van der Waals surface area contributed by atoms with Gasteiger partial charge in [-0.3, -0.25) is 9.59 Å². The lowest BCUT2D eigenvalue weighted by molar-refractivity contribution is -0.151. The van der Waals surface area contributed by atoms with Crippen LogP contribution in [0.25, 0.3) is 0 Å². The summed E-state index contributed by atoms with van der Waals surface area (Å²) in [7, 11) is 0. The lowest BCUT2D eigenvalue weighted by Gasteiger charge is -2.58. The van der Waals surface area contributed by atoms with Crippen LogP contribution < -0.4 is 5.32 Å². The first-order valence-corrected chi connectivity index (χ1v) is 15.9. The van der Waals surface area contributed by atoms with Crippen LogP contribution in [0, 0.1) is 40.4 Å². The molecule has 9 unspecified atom stereocenters. The minimum atomic E-state index is -0.0926. The van der Waals surface area contributed by atoms with Crippen LogP contribution in [0.4, 0.5) is 0 Å². The normalized spacial score (nSPS) is 41.4. The van der Waals surface area contributed by atoms with Crippen molar-refractivity contribution >= 4 is 11.9 Å². The summed E-state index contributed by atoms with van der Waals surface area (Å²) in [5.41, 5.74) is 3.51. The molecule has 39 heavy (non-hydrogen) atoms. The molecule has 0 saturated heterocycles. The topological polar surface area (TPSA) is 64.6 Å². The van der Waals surface area contributed by atoms with Crippen molar-refractivity contribution in [3.63, 3.8) is 0 Å². The smallest absolute Gasteiger partial charge is 0.306 e. The zero-order valence-corrected chi connectivity index (χ0v) is 25.7. The number of ether oxygens (including phenoxy) is 2. The number of carbonyl (C=O) groups is 2. The SMILES string of the molecule is CCCC(=O)OC1CCC2(C)C(=CCC3C2CCC2(C)C3CC3(C)OC(CCC(C)CNC(C)=O)=C(C)C32)C1. The van der Waals surface area contributed by atoms with Gasteiger partial charge >= 0.3 is 5.97 Å². The molecule has 9 atom stereocenters. The average molecular weight is 540 g/mol. The van der Waals surface area contributed by atoms with Gasteiger partial charge in [-0.2, -0.15) is 0 Å². The van der Waals surface area contributed by atoms with Crippen LogP contribution in [0.1, 0.15) is 119 Å². The van der Waals surface area contributed by atoms with E-state index in [0.717, 1.165) is 63.3 Å². The molecule has 4 aliphatic carbocycles. The van der Waals surface area contributed by atoms with Crippen LogP contribution in [0.5, 0.6) is 0 Å². The van der Waals surface area contributed by atoms with Gasteiger partial charge in [0.05, 0.1) is 5.76 Å². The standard InChI is InChI=1S/C34H53NO4/c1-8-9-30(37)38-25-14-16-32(5)24(18-25)11-12-26-27(32)15-17-33(6)28(26)19-34(7)31(33)22(3)29(39-34)13-10-21(2)20-35-23(4)36/h11,21,25-28,31H,8-10,12-20H2,1-7H3,(H,35,36). The highest BCUT2D eigenvalue weighted by Gasteiger charge is 2.67. The van der Waals surface area contributed by atoms with Crippen LogP contribution in [0.15, 0.2) is 23.0 Å². The molecule has 0 radical (unpaired) electrons. The Morgan fingerprint density at radius 3 is 2.67 bits per heavy atom. The summed E-state index contributed by atoms with van der Waals surface area (Å²) in [6.45, 7) is 16.5. The highest BCUT2D eigenvalue weighted by molar-refractivity contribution is 5.72. The molecule has 0 aromatic heterocycles. The van der Waals surface area contributed by atoms with Gasteiger partial charge in [-0.15, -0.1) is 0 Å². The molecular weight excluding hydrogens is 486 g/mol. The van der Waals surface area contributed by atoms with Gasteiger partial charge in [0.15, 0.2) is 0 Å². The summed E-state index contributed by atoms with van der Waals surface area (Å²) < 4.78 is 12.8. The number of esters is 1. The van der Waals surface area contributed by atoms with E-state index in [4.69, 9.17) is 9.47 Å². The third-order valence-electron chi connectivity index (χ3n) is 11.9. The fourth-order valence-corrected chi connectivity index (χ4v) is 10.1. The maximum Gasteiger partial charge on any atom is 0.306 e. The zero-order chi connectivity index (χ0) is 28.2. The summed E-state index contributed by atoms with van der Waals surface area (Å²) in [5.74, 6) is 4.34. The van der Waals surface area contributed by atoms with E-state index in [9.17, 15) is 9.59 Å². The minimum Gasteiger partial charge on any atom is -0.491 e. The molecule has 0 aromatic carbocycles. The first kappa shape index (κ1) is 28.7. The third-order valence-corrected chi connectivity index (χ3v) is 11.9. The summed E-state index contributed by atoms with van der Waals surface area (Å²) in [4.78, 5) is 23.5. The molecule has 3 saturated carbocycles. The van der Waals surface area contributed by atoms with E-state index in [1.165, 1.54) is 30.6 Å². The Bertz CT molecular complexity index is 1050. The quantitative estimate of drug-likeness (QED) is 0.256. The predicted molar refractivity (Wildman–Crippen MR) is 155 cm³/mol. The molecule has 0 bridgehead atoms. The number of amides is 1. The van der Waals surface area contributed by atoms with Crippen LogP contribution >= 0.6 is 0 Å². The lowest BCUT2D eigenvalue weighted by Crippen LogP contribution is -2.50. The molecule has 5 heteroatoms. The van der Waals surface area contributed by atoms with Crippen molar-refractivity contribution in [2.24, 2.45) is 40.4 Å². The van der Waals surface area contributed by atoms with Gasteiger partial charge in [0.1, 0.15) is 11.7 Å². The highest BCUT2D eigenvalue weighted by Crippen LogP contribution is 2.71. The molecule has 5 rings (SSSR count). The fraction of sp³-hybridized carbons (Fsp3) is 0.824. The average Bonchev–Trinajstić information content (AvgIpc) is 3.27. The Balaban J connectivity index is 1.30. The largest absolute Gasteiger partial charge is 0.491 e. The van der Waals surface area contributed by atoms with E-state index in [0.29, 0.717) is 24.2 Å². The number of hydrogen-bond acceptors (Lipinski definition) is 4. The summed E-state index contributed by atoms with van der Waals surface area (Å²) in [5, 5.41) is 2.96. The summed E-state index contributed by atoms with van der Waals surface area (Å²) >= 11 is 0. The Morgan fingerprint density at radius 2 is 1.95 bits per heavy atom. The number of fused-ring (bicyclic) bond motifs is 7. The van der Waals surface area contributed by atoms with Crippen LogP contribution in [0.2, 0.25) is 0 Å². The monoisotopic (exact) mass is 539 g/mol. The molecule has 3 fully saturated rings. The summed E-state index contributed by atoms with van der Waals surface area (Å²) in [6.07, 6.45) is 14.0. The molecule has 5 aliphatic rings. The van der Waals surface area contributed by atoms with Crippen LogP contribution in [-0.2, 0) is 19.1 Å². The lowest BCUT2D eigenvalue weighted by atomic mass is 9.47. The van der Waals surface area contributed by atoms with Gasteiger partial charge in [-0.25, -0.2) is 0 Å². The van der Waals surface area contributed by atoms with Crippen molar-refractivity contribution in [2.75, 3.05) is 6.54 Å². The zero-order valence-electron chi connectivity index (χ0n) is 25.7. The molecule has 1 aliphatic heterocycles. The third kappa shape index (κ3) is 4.99. The number of allylic oxidation sites excluding steroid dienone is 2. The molecule has 1 amide bonds. The van der Waals surface area contributed by atoms with E-state index in [1.54, 1.807) is 12.5 Å². The van der Waals surface area contributed by atoms with E-state index < -0.39 is 0 Å². The van der Waals surface area contributed by atoms with Crippen LogP contribution in [-0.4, -0.2) is 30.1 Å². The highest BCUT2D eigenvalue weighted by atomic mass is 16.5. The van der Waals surface area contributed by atoms with Gasteiger partial charge in [-0.05, 0) is 105 Å². The van der Waals surface area contributed by atoms with Crippen molar-refractivity contribution in [2.45, 2.75) is 131 Å². The van der Waals surface area contributed by atoms with Gasteiger partial charge < -0.3 is 14.8 Å². The summed E-state index contributed by atoms with van der Waals surface area (Å²) in [6, 6.07) is 0. The first-order valence-electron chi connectivity index (χ1n) is 15.9. The van der Waals surface area contributed by atoms with E-state index >= 15 is 0 Å². The molecule has 1 N–H and O–H groups in total. The fourth-order valence-electron chi connectivity index (χ4n) is 10.1. The van der Waals surface area contributed by atoms with E-state index in [-0.39, 0.29) is 34.4 Å². The van der Waals surface area contributed by atoms with Gasteiger partial charge in [0.2, 0.25) is 5.91 Å². The molecular formula is C34H53NO4. The first-order chi connectivity index (χ1) is 18.4.